The van der Waals surface area contributed by atoms with Gasteiger partial charge in [0.05, 0.1) is 12.6 Å². The van der Waals surface area contributed by atoms with E-state index in [9.17, 15) is 10.2 Å². The Bertz CT molecular complexity index is 193. The van der Waals surface area contributed by atoms with Gasteiger partial charge in [-0.15, -0.1) is 0 Å². The van der Waals surface area contributed by atoms with Crippen molar-refractivity contribution < 1.29 is 19.7 Å². The van der Waals surface area contributed by atoms with E-state index in [2.05, 4.69) is 0 Å². The van der Waals surface area contributed by atoms with Crippen LogP contribution in [-0.4, -0.2) is 60.6 Å². The summed E-state index contributed by atoms with van der Waals surface area (Å²) in [6.45, 7) is 0.699. The van der Waals surface area contributed by atoms with Crippen LogP contribution in [0, 0.1) is 0 Å². The number of aliphatic hydroxyl groups excluding tert-OH is 2. The molecule has 0 spiro atoms. The minimum absolute atomic E-state index is 0.0907. The zero-order valence-electron chi connectivity index (χ0n) is 8.45. The van der Waals surface area contributed by atoms with Crippen molar-refractivity contribution in [1.29, 1.82) is 0 Å². The molecule has 0 aromatic rings. The van der Waals surface area contributed by atoms with Gasteiger partial charge < -0.3 is 36.9 Å². The summed E-state index contributed by atoms with van der Waals surface area (Å²) in [5.74, 6) is 0. The molecule has 0 aromatic carbocycles. The second-order valence-corrected chi connectivity index (χ2v) is 3.50. The van der Waals surface area contributed by atoms with E-state index in [1.165, 1.54) is 0 Å². The number of rotatable bonds is 4. The number of nitrogens with two attached hydrogens (primary N) is 3. The van der Waals surface area contributed by atoms with Crippen LogP contribution in [0.3, 0.4) is 0 Å². The molecule has 0 unspecified atom stereocenters. The molecule has 0 aliphatic carbocycles. The smallest absolute Gasteiger partial charge is 0.175 e. The van der Waals surface area contributed by atoms with Gasteiger partial charge in [-0.2, -0.15) is 0 Å². The number of hydrogen-bond acceptors (Lipinski definition) is 7. The summed E-state index contributed by atoms with van der Waals surface area (Å²) >= 11 is 0. The molecule has 7 nitrogen and oxygen atoms in total. The molecule has 90 valence electrons. The third-order valence-corrected chi connectivity index (χ3v) is 2.38. The molecule has 1 aliphatic rings. The second kappa shape index (κ2) is 5.71. The Kier molecular flexibility index (Phi) is 4.87. The lowest BCUT2D eigenvalue weighted by molar-refractivity contribution is -0.256. The van der Waals surface area contributed by atoms with E-state index in [0.29, 0.717) is 6.54 Å². The number of ether oxygens (including phenoxy) is 2. The summed E-state index contributed by atoms with van der Waals surface area (Å²) in [5.41, 5.74) is 16.3. The molecule has 1 saturated heterocycles. The maximum absolute atomic E-state index is 9.60. The molecular formula is C8H19N3O4. The molecule has 1 aliphatic heterocycles. The minimum Gasteiger partial charge on any atom is -0.388 e. The van der Waals surface area contributed by atoms with Crippen LogP contribution in [0.4, 0.5) is 0 Å². The van der Waals surface area contributed by atoms with Crippen LogP contribution in [0.1, 0.15) is 0 Å². The van der Waals surface area contributed by atoms with E-state index < -0.39 is 30.6 Å². The summed E-state index contributed by atoms with van der Waals surface area (Å²) in [7, 11) is 0. The highest BCUT2D eigenvalue weighted by molar-refractivity contribution is 4.91. The number of aliphatic hydroxyl groups is 2. The van der Waals surface area contributed by atoms with Crippen molar-refractivity contribution in [1.82, 2.24) is 0 Å². The van der Waals surface area contributed by atoms with Gasteiger partial charge in [0.25, 0.3) is 0 Å². The average Bonchev–Trinajstić information content (AvgIpc) is 2.25. The first-order valence-electron chi connectivity index (χ1n) is 4.90. The summed E-state index contributed by atoms with van der Waals surface area (Å²) in [5, 5.41) is 19.1. The zero-order valence-corrected chi connectivity index (χ0v) is 8.45. The van der Waals surface area contributed by atoms with Crippen LogP contribution >= 0.6 is 0 Å². The van der Waals surface area contributed by atoms with Gasteiger partial charge in [0, 0.05) is 13.1 Å². The second-order valence-electron chi connectivity index (χ2n) is 3.50. The Hall–Kier alpha value is -0.280. The monoisotopic (exact) mass is 221 g/mol. The minimum atomic E-state index is -1.10. The Morgan fingerprint density at radius 3 is 2.40 bits per heavy atom. The molecule has 0 saturated carbocycles. The molecule has 1 heterocycles. The molecule has 0 bridgehead atoms. The fourth-order valence-corrected chi connectivity index (χ4v) is 1.48. The van der Waals surface area contributed by atoms with Gasteiger partial charge in [-0.05, 0) is 0 Å². The standard InChI is InChI=1S/C8H19N3O4/c9-1-2-14-8-5(11)7(13)6(12)4(3-10)15-8/h4-8,12-13H,1-3,9-11H2/t4-,5-,6-,7-,8-/m1/s1. The first-order chi connectivity index (χ1) is 7.11. The zero-order chi connectivity index (χ0) is 11.4. The summed E-state index contributed by atoms with van der Waals surface area (Å²) in [6.07, 6.45) is -3.62. The van der Waals surface area contributed by atoms with Crippen LogP contribution in [0.25, 0.3) is 0 Å². The molecule has 0 radical (unpaired) electrons. The van der Waals surface area contributed by atoms with Crippen molar-refractivity contribution in [3.8, 4) is 0 Å². The predicted molar refractivity (Wildman–Crippen MR) is 52.7 cm³/mol. The Morgan fingerprint density at radius 1 is 1.20 bits per heavy atom. The van der Waals surface area contributed by atoms with Crippen LogP contribution < -0.4 is 17.2 Å². The molecule has 7 heteroatoms. The SMILES string of the molecule is NCCO[C@@H]1O[C@H](CN)[C@@H](O)[C@H](O)[C@H]1N. The third kappa shape index (κ3) is 2.85. The quantitative estimate of drug-likeness (QED) is 0.335. The lowest BCUT2D eigenvalue weighted by atomic mass is 9.97. The molecule has 5 atom stereocenters. The van der Waals surface area contributed by atoms with Crippen molar-refractivity contribution in [2.75, 3.05) is 19.7 Å². The van der Waals surface area contributed by atoms with Gasteiger partial charge in [0.2, 0.25) is 0 Å². The van der Waals surface area contributed by atoms with Gasteiger partial charge >= 0.3 is 0 Å². The highest BCUT2D eigenvalue weighted by atomic mass is 16.7. The van der Waals surface area contributed by atoms with E-state index in [4.69, 9.17) is 26.7 Å². The highest BCUT2D eigenvalue weighted by Crippen LogP contribution is 2.19. The summed E-state index contributed by atoms with van der Waals surface area (Å²) < 4.78 is 10.5. The van der Waals surface area contributed by atoms with Crippen LogP contribution in [-0.2, 0) is 9.47 Å². The summed E-state index contributed by atoms with van der Waals surface area (Å²) in [4.78, 5) is 0. The first-order valence-corrected chi connectivity index (χ1v) is 4.90. The predicted octanol–water partition coefficient (Wildman–Crippen LogP) is -3.31. The molecule has 0 aromatic heterocycles. The van der Waals surface area contributed by atoms with Crippen molar-refractivity contribution in [3.05, 3.63) is 0 Å². The highest BCUT2D eigenvalue weighted by Gasteiger charge is 2.42. The van der Waals surface area contributed by atoms with Crippen LogP contribution in [0.15, 0.2) is 0 Å². The Morgan fingerprint density at radius 2 is 1.87 bits per heavy atom. The van der Waals surface area contributed by atoms with E-state index >= 15 is 0 Å². The molecule has 8 N–H and O–H groups in total. The van der Waals surface area contributed by atoms with Gasteiger partial charge in [0.15, 0.2) is 6.29 Å². The van der Waals surface area contributed by atoms with E-state index in [0.717, 1.165) is 0 Å². The fourth-order valence-electron chi connectivity index (χ4n) is 1.48. The normalized spacial score (nSPS) is 41.8. The lowest BCUT2D eigenvalue weighted by Crippen LogP contribution is -2.63. The molecule has 15 heavy (non-hydrogen) atoms. The van der Waals surface area contributed by atoms with E-state index in [1.807, 2.05) is 0 Å². The maximum Gasteiger partial charge on any atom is 0.175 e. The number of hydrogen-bond donors (Lipinski definition) is 5. The van der Waals surface area contributed by atoms with Crippen molar-refractivity contribution >= 4 is 0 Å². The average molecular weight is 221 g/mol. The largest absolute Gasteiger partial charge is 0.388 e. The first kappa shape index (κ1) is 12.8. The fraction of sp³-hybridized carbons (Fsp3) is 1.00. The molecule has 0 amide bonds. The molecule has 1 fully saturated rings. The Balaban J connectivity index is 2.57. The summed E-state index contributed by atoms with van der Waals surface area (Å²) in [6, 6.07) is -0.797. The van der Waals surface area contributed by atoms with Gasteiger partial charge in [-0.1, -0.05) is 0 Å². The molecule has 1 rings (SSSR count). The van der Waals surface area contributed by atoms with Gasteiger partial charge in [0.1, 0.15) is 18.3 Å². The van der Waals surface area contributed by atoms with Crippen LogP contribution in [0.2, 0.25) is 0 Å². The lowest BCUT2D eigenvalue weighted by Gasteiger charge is -2.40. The molecular weight excluding hydrogens is 202 g/mol. The van der Waals surface area contributed by atoms with Gasteiger partial charge in [-0.25, -0.2) is 0 Å². The van der Waals surface area contributed by atoms with Crippen molar-refractivity contribution in [2.45, 2.75) is 30.6 Å². The topological polar surface area (TPSA) is 137 Å². The van der Waals surface area contributed by atoms with Gasteiger partial charge in [-0.3, -0.25) is 0 Å². The van der Waals surface area contributed by atoms with E-state index in [-0.39, 0.29) is 13.2 Å². The third-order valence-electron chi connectivity index (χ3n) is 2.38. The van der Waals surface area contributed by atoms with Crippen molar-refractivity contribution in [3.63, 3.8) is 0 Å². The van der Waals surface area contributed by atoms with Crippen molar-refractivity contribution in [2.24, 2.45) is 17.2 Å². The maximum atomic E-state index is 9.60. The van der Waals surface area contributed by atoms with E-state index in [1.54, 1.807) is 0 Å². The Labute approximate surface area is 88.1 Å². The van der Waals surface area contributed by atoms with Crippen LogP contribution in [0.5, 0.6) is 0 Å².